The van der Waals surface area contributed by atoms with Crippen LogP contribution in [0.3, 0.4) is 0 Å². The molecule has 0 radical (unpaired) electrons. The van der Waals surface area contributed by atoms with Crippen LogP contribution in [0.1, 0.15) is 12.8 Å². The predicted octanol–water partition coefficient (Wildman–Crippen LogP) is 0.725. The topological polar surface area (TPSA) is 26.0 Å². The van der Waals surface area contributed by atoms with E-state index in [1.165, 1.54) is 0 Å². The molecule has 0 aromatic rings. The van der Waals surface area contributed by atoms with E-state index in [-0.39, 0.29) is 0 Å². The summed E-state index contributed by atoms with van der Waals surface area (Å²) in [5, 5.41) is 1.72. The average molecular weight is 103 g/mol. The molecule has 2 heteroatoms. The molecule has 0 aromatic heterocycles. The van der Waals surface area contributed by atoms with Gasteiger partial charge in [-0.25, -0.2) is 0 Å². The summed E-state index contributed by atoms with van der Waals surface area (Å²) in [4.78, 5) is 0. The molecule has 0 heterocycles. The van der Waals surface area contributed by atoms with Crippen molar-refractivity contribution in [3.63, 3.8) is 0 Å². The van der Waals surface area contributed by atoms with Crippen LogP contribution in [-0.2, 0) is 0 Å². The summed E-state index contributed by atoms with van der Waals surface area (Å²) in [6.45, 7) is 0.757. The molecule has 0 fully saturated rings. The Morgan fingerprint density at radius 2 is 2.33 bits per heavy atom. The molecule has 0 amide bonds. The van der Waals surface area contributed by atoms with E-state index >= 15 is 0 Å². The van der Waals surface area contributed by atoms with Gasteiger partial charge in [0.15, 0.2) is 0 Å². The lowest BCUT2D eigenvalue weighted by atomic mass is 10.3. The van der Waals surface area contributed by atoms with Gasteiger partial charge in [-0.1, -0.05) is 12.2 Å². The van der Waals surface area contributed by atoms with Gasteiger partial charge in [-0.2, -0.15) is 0 Å². The largest absolute Gasteiger partial charge is 0.330 e. The zero-order valence-corrected chi connectivity index (χ0v) is 4.50. The molecular formula is C4H9NS. The van der Waals surface area contributed by atoms with Gasteiger partial charge in [-0.3, -0.25) is 0 Å². The number of rotatable bonds is 3. The maximum Gasteiger partial charge on any atom is -0.00740 e. The number of nitrogens with two attached hydrogens (primary N) is 1. The summed E-state index contributed by atoms with van der Waals surface area (Å²) in [6.07, 6.45) is 2.01. The molecule has 0 aliphatic rings. The van der Waals surface area contributed by atoms with E-state index in [0.29, 0.717) is 0 Å². The lowest BCUT2D eigenvalue weighted by molar-refractivity contribution is 0.890. The molecule has 0 aliphatic carbocycles. The predicted molar refractivity (Wildman–Crippen MR) is 31.9 cm³/mol. The van der Waals surface area contributed by atoms with Crippen molar-refractivity contribution >= 4 is 17.6 Å². The van der Waals surface area contributed by atoms with Crippen molar-refractivity contribution in [2.75, 3.05) is 6.54 Å². The van der Waals surface area contributed by atoms with Gasteiger partial charge in [0.25, 0.3) is 0 Å². The summed E-state index contributed by atoms with van der Waals surface area (Å²) in [6, 6.07) is 0. The zero-order chi connectivity index (χ0) is 4.83. The molecule has 2 N–H and O–H groups in total. The molecule has 0 rings (SSSR count). The molecule has 0 saturated heterocycles. The van der Waals surface area contributed by atoms with Crippen molar-refractivity contribution in [2.45, 2.75) is 12.8 Å². The Bertz CT molecular complexity index is 36.5. The maximum atomic E-state index is 5.15. The van der Waals surface area contributed by atoms with Crippen molar-refractivity contribution < 1.29 is 0 Å². The molecule has 0 spiro atoms. The fourth-order valence-corrected chi connectivity index (χ4v) is 0.368. The molecule has 0 aliphatic heterocycles. The second-order valence-electron chi connectivity index (χ2n) is 1.10. The minimum Gasteiger partial charge on any atom is -0.330 e. The van der Waals surface area contributed by atoms with E-state index in [0.717, 1.165) is 19.4 Å². The van der Waals surface area contributed by atoms with Crippen molar-refractivity contribution in [2.24, 2.45) is 5.73 Å². The van der Waals surface area contributed by atoms with Crippen LogP contribution in [0.25, 0.3) is 0 Å². The van der Waals surface area contributed by atoms with Crippen LogP contribution in [0, 0.1) is 0 Å². The smallest absolute Gasteiger partial charge is 0.00740 e. The van der Waals surface area contributed by atoms with Crippen molar-refractivity contribution in [1.82, 2.24) is 0 Å². The first kappa shape index (κ1) is 6.05. The highest BCUT2D eigenvalue weighted by Crippen LogP contribution is 1.77. The van der Waals surface area contributed by atoms with E-state index in [2.05, 4.69) is 12.2 Å². The van der Waals surface area contributed by atoms with Crippen LogP contribution in [0.4, 0.5) is 0 Å². The number of hydrogen-bond donors (Lipinski definition) is 1. The van der Waals surface area contributed by atoms with Crippen LogP contribution in [-0.4, -0.2) is 11.9 Å². The molecule has 0 saturated carbocycles. The molecule has 1 nitrogen and oxygen atoms in total. The Morgan fingerprint density at radius 3 is 2.50 bits per heavy atom. The van der Waals surface area contributed by atoms with Crippen LogP contribution in [0.2, 0.25) is 0 Å². The van der Waals surface area contributed by atoms with Crippen molar-refractivity contribution in [3.05, 3.63) is 0 Å². The SMILES string of the molecule is NCCCC=S. The first-order valence-electron chi connectivity index (χ1n) is 2.05. The van der Waals surface area contributed by atoms with Gasteiger partial charge in [0, 0.05) is 0 Å². The number of thiocarbonyl (C=S) groups is 1. The second-order valence-corrected chi connectivity index (χ2v) is 1.43. The van der Waals surface area contributed by atoms with Crippen LogP contribution in [0.5, 0.6) is 0 Å². The highest BCUT2D eigenvalue weighted by molar-refractivity contribution is 7.78. The highest BCUT2D eigenvalue weighted by Gasteiger charge is 1.72. The highest BCUT2D eigenvalue weighted by atomic mass is 32.1. The first-order chi connectivity index (χ1) is 2.91. The van der Waals surface area contributed by atoms with Crippen molar-refractivity contribution in [3.8, 4) is 0 Å². The molecule has 36 valence electrons. The maximum absolute atomic E-state index is 5.15. The van der Waals surface area contributed by atoms with E-state index in [1.807, 2.05) is 0 Å². The van der Waals surface area contributed by atoms with Crippen LogP contribution in [0.15, 0.2) is 0 Å². The van der Waals surface area contributed by atoms with Crippen LogP contribution >= 0.6 is 12.2 Å². The third-order valence-corrected chi connectivity index (χ3v) is 0.762. The zero-order valence-electron chi connectivity index (χ0n) is 3.68. The summed E-state index contributed by atoms with van der Waals surface area (Å²) < 4.78 is 0. The lowest BCUT2D eigenvalue weighted by Crippen LogP contribution is -1.97. The quantitative estimate of drug-likeness (QED) is 0.421. The average Bonchev–Trinajstić information content (AvgIpc) is 1.61. The van der Waals surface area contributed by atoms with E-state index in [4.69, 9.17) is 5.73 Å². The third kappa shape index (κ3) is 4.05. The van der Waals surface area contributed by atoms with Gasteiger partial charge >= 0.3 is 0 Å². The van der Waals surface area contributed by atoms with Crippen molar-refractivity contribution in [1.29, 1.82) is 0 Å². The molecule has 0 unspecified atom stereocenters. The first-order valence-corrected chi connectivity index (χ1v) is 2.52. The Labute approximate surface area is 43.5 Å². The fourth-order valence-electron chi connectivity index (χ4n) is 0.201. The summed E-state index contributed by atoms with van der Waals surface area (Å²) >= 11 is 4.54. The van der Waals surface area contributed by atoms with Gasteiger partial charge in [0.05, 0.1) is 0 Å². The molecule has 0 atom stereocenters. The van der Waals surface area contributed by atoms with Gasteiger partial charge in [0.1, 0.15) is 0 Å². The monoisotopic (exact) mass is 103 g/mol. The molecule has 6 heavy (non-hydrogen) atoms. The van der Waals surface area contributed by atoms with Gasteiger partial charge in [-0.15, -0.1) is 0 Å². The van der Waals surface area contributed by atoms with E-state index in [9.17, 15) is 0 Å². The molecule has 0 aromatic carbocycles. The normalized spacial score (nSPS) is 8.17. The number of hydrogen-bond acceptors (Lipinski definition) is 2. The summed E-state index contributed by atoms with van der Waals surface area (Å²) in [5.74, 6) is 0. The minimum atomic E-state index is 0.757. The van der Waals surface area contributed by atoms with Gasteiger partial charge in [0.2, 0.25) is 0 Å². The Balaban J connectivity index is 2.49. The summed E-state index contributed by atoms with van der Waals surface area (Å²) in [7, 11) is 0. The third-order valence-electron chi connectivity index (χ3n) is 0.526. The standard InChI is InChI=1S/C4H9NS/c5-3-1-2-4-6/h4H,1-3,5H2. The molecule has 0 bridgehead atoms. The Morgan fingerprint density at radius 1 is 1.67 bits per heavy atom. The van der Waals surface area contributed by atoms with Gasteiger partial charge < -0.3 is 5.73 Å². The van der Waals surface area contributed by atoms with E-state index in [1.54, 1.807) is 5.37 Å². The van der Waals surface area contributed by atoms with Gasteiger partial charge in [-0.05, 0) is 24.8 Å². The number of unbranched alkanes of at least 4 members (excludes halogenated alkanes) is 1. The lowest BCUT2D eigenvalue weighted by Gasteiger charge is -1.81. The van der Waals surface area contributed by atoms with Crippen LogP contribution < -0.4 is 5.73 Å². The fraction of sp³-hybridized carbons (Fsp3) is 0.750. The minimum absolute atomic E-state index is 0.757. The van der Waals surface area contributed by atoms with E-state index < -0.39 is 0 Å². The summed E-state index contributed by atoms with van der Waals surface area (Å²) in [5.41, 5.74) is 5.15. The second kappa shape index (κ2) is 5.05. The Hall–Kier alpha value is 0.0500. The molecular weight excluding hydrogens is 94.1 g/mol. The Kier molecular flexibility index (Phi) is 5.09.